The van der Waals surface area contributed by atoms with Crippen LogP contribution < -0.4 is 4.74 Å². The Morgan fingerprint density at radius 2 is 1.82 bits per heavy atom. The van der Waals surface area contributed by atoms with Crippen LogP contribution in [0.1, 0.15) is 22.3 Å². The molecule has 0 bridgehead atoms. The van der Waals surface area contributed by atoms with Gasteiger partial charge in [0.25, 0.3) is 5.69 Å². The normalized spacial score (nSPS) is 10.2. The second-order valence-electron chi connectivity index (χ2n) is 4.52. The number of nitrogens with zero attached hydrogens (tertiary/aromatic N) is 1. The SMILES string of the molecule is O=C(c1ccc(OCCCCl)cc1)c1ccccc1[N+](=O)[O-]. The fourth-order valence-corrected chi connectivity index (χ4v) is 2.04. The zero-order valence-corrected chi connectivity index (χ0v) is 12.5. The Morgan fingerprint density at radius 1 is 1.14 bits per heavy atom. The minimum absolute atomic E-state index is 0.0725. The monoisotopic (exact) mass is 319 g/mol. The summed E-state index contributed by atoms with van der Waals surface area (Å²) in [5.74, 6) is 0.762. The Balaban J connectivity index is 2.18. The van der Waals surface area contributed by atoms with Crippen molar-refractivity contribution in [3.8, 4) is 5.75 Å². The van der Waals surface area contributed by atoms with E-state index < -0.39 is 4.92 Å². The highest BCUT2D eigenvalue weighted by atomic mass is 35.5. The van der Waals surface area contributed by atoms with E-state index in [1.807, 2.05) is 0 Å². The number of alkyl halides is 1. The number of rotatable bonds is 7. The lowest BCUT2D eigenvalue weighted by atomic mass is 10.0. The van der Waals surface area contributed by atoms with Crippen molar-refractivity contribution < 1.29 is 14.5 Å². The third-order valence-electron chi connectivity index (χ3n) is 3.01. The molecular formula is C16H14ClNO4. The van der Waals surface area contributed by atoms with Crippen molar-refractivity contribution in [2.24, 2.45) is 0 Å². The number of hydrogen-bond donors (Lipinski definition) is 0. The number of carbonyl (C=O) groups excluding carboxylic acids is 1. The maximum Gasteiger partial charge on any atom is 0.280 e. The molecule has 0 aliphatic carbocycles. The Bertz CT molecular complexity index is 670. The molecule has 0 spiro atoms. The lowest BCUT2D eigenvalue weighted by molar-refractivity contribution is -0.385. The summed E-state index contributed by atoms with van der Waals surface area (Å²) in [6.07, 6.45) is 0.735. The average Bonchev–Trinajstić information content (AvgIpc) is 2.55. The number of benzene rings is 2. The number of carbonyl (C=O) groups is 1. The number of nitro benzene ring substituents is 1. The summed E-state index contributed by atoms with van der Waals surface area (Å²) in [5, 5.41) is 11.0. The average molecular weight is 320 g/mol. The van der Waals surface area contributed by atoms with Crippen molar-refractivity contribution in [3.05, 3.63) is 69.8 Å². The molecule has 114 valence electrons. The molecule has 2 aromatic rings. The lowest BCUT2D eigenvalue weighted by Crippen LogP contribution is -2.05. The van der Waals surface area contributed by atoms with Gasteiger partial charge in [0.15, 0.2) is 5.78 Å². The lowest BCUT2D eigenvalue weighted by Gasteiger charge is -2.06. The first-order valence-electron chi connectivity index (χ1n) is 6.70. The van der Waals surface area contributed by atoms with Crippen molar-refractivity contribution >= 4 is 23.1 Å². The van der Waals surface area contributed by atoms with Gasteiger partial charge in [0.1, 0.15) is 11.3 Å². The van der Waals surface area contributed by atoms with Gasteiger partial charge >= 0.3 is 0 Å². The molecule has 0 atom stereocenters. The summed E-state index contributed by atoms with van der Waals surface area (Å²) in [7, 11) is 0. The van der Waals surface area contributed by atoms with Crippen LogP contribution in [-0.2, 0) is 0 Å². The third kappa shape index (κ3) is 3.83. The molecule has 0 aliphatic rings. The summed E-state index contributed by atoms with van der Waals surface area (Å²) in [5.41, 5.74) is 0.247. The van der Waals surface area contributed by atoms with Gasteiger partial charge in [-0.3, -0.25) is 14.9 Å². The standard InChI is InChI=1S/C16H14ClNO4/c17-10-3-11-22-13-8-6-12(7-9-13)16(19)14-4-1-2-5-15(14)18(20)21/h1-2,4-9H,3,10-11H2. The van der Waals surface area contributed by atoms with E-state index in [-0.39, 0.29) is 17.0 Å². The Labute approximate surface area is 132 Å². The Kier molecular flexibility index (Phi) is 5.49. The van der Waals surface area contributed by atoms with E-state index in [1.54, 1.807) is 30.3 Å². The number of para-hydroxylation sites is 1. The van der Waals surface area contributed by atoms with Crippen molar-refractivity contribution in [1.29, 1.82) is 0 Å². The molecule has 2 rings (SSSR count). The Morgan fingerprint density at radius 3 is 2.45 bits per heavy atom. The van der Waals surface area contributed by atoms with Crippen LogP contribution in [0.5, 0.6) is 5.75 Å². The second-order valence-corrected chi connectivity index (χ2v) is 4.90. The van der Waals surface area contributed by atoms with Crippen molar-refractivity contribution in [2.75, 3.05) is 12.5 Å². The molecule has 0 N–H and O–H groups in total. The molecule has 0 fully saturated rings. The van der Waals surface area contributed by atoms with Crippen LogP contribution in [-0.4, -0.2) is 23.2 Å². The molecule has 0 saturated heterocycles. The van der Waals surface area contributed by atoms with E-state index >= 15 is 0 Å². The highest BCUT2D eigenvalue weighted by Crippen LogP contribution is 2.22. The van der Waals surface area contributed by atoms with Gasteiger partial charge in [0, 0.05) is 17.5 Å². The number of ketones is 1. The third-order valence-corrected chi connectivity index (χ3v) is 3.28. The molecule has 0 aliphatic heterocycles. The predicted molar refractivity (Wildman–Crippen MR) is 83.8 cm³/mol. The van der Waals surface area contributed by atoms with Crippen molar-refractivity contribution in [2.45, 2.75) is 6.42 Å². The minimum Gasteiger partial charge on any atom is -0.494 e. The molecular weight excluding hydrogens is 306 g/mol. The first-order valence-corrected chi connectivity index (χ1v) is 7.24. The number of nitro groups is 1. The predicted octanol–water partition coefficient (Wildman–Crippen LogP) is 3.83. The number of hydrogen-bond acceptors (Lipinski definition) is 4. The second kappa shape index (κ2) is 7.56. The van der Waals surface area contributed by atoms with Gasteiger partial charge in [-0.1, -0.05) is 12.1 Å². The van der Waals surface area contributed by atoms with Gasteiger partial charge in [0.05, 0.1) is 11.5 Å². The Hall–Kier alpha value is -2.40. The van der Waals surface area contributed by atoms with E-state index in [4.69, 9.17) is 16.3 Å². The van der Waals surface area contributed by atoms with Gasteiger partial charge in [-0.25, -0.2) is 0 Å². The summed E-state index contributed by atoms with van der Waals surface area (Å²) < 4.78 is 5.44. The molecule has 22 heavy (non-hydrogen) atoms. The van der Waals surface area contributed by atoms with Crippen LogP contribution in [0, 0.1) is 10.1 Å². The molecule has 5 nitrogen and oxygen atoms in total. The van der Waals surface area contributed by atoms with Crippen molar-refractivity contribution in [3.63, 3.8) is 0 Å². The summed E-state index contributed by atoms with van der Waals surface area (Å²) in [6.45, 7) is 0.501. The molecule has 0 unspecified atom stereocenters. The minimum atomic E-state index is -0.559. The molecule has 0 heterocycles. The largest absolute Gasteiger partial charge is 0.494 e. The van der Waals surface area contributed by atoms with Crippen LogP contribution in [0.3, 0.4) is 0 Å². The zero-order valence-electron chi connectivity index (χ0n) is 11.7. The van der Waals surface area contributed by atoms with Gasteiger partial charge in [-0.15, -0.1) is 11.6 Å². The van der Waals surface area contributed by atoms with Crippen LogP contribution >= 0.6 is 11.6 Å². The van der Waals surface area contributed by atoms with E-state index in [1.165, 1.54) is 18.2 Å². The molecule has 0 saturated carbocycles. The molecule has 0 aromatic heterocycles. The highest BCUT2D eigenvalue weighted by Gasteiger charge is 2.20. The van der Waals surface area contributed by atoms with E-state index in [0.717, 1.165) is 6.42 Å². The van der Waals surface area contributed by atoms with Gasteiger partial charge in [-0.2, -0.15) is 0 Å². The quantitative estimate of drug-likeness (QED) is 0.256. The smallest absolute Gasteiger partial charge is 0.280 e. The fourth-order valence-electron chi connectivity index (χ4n) is 1.93. The summed E-state index contributed by atoms with van der Waals surface area (Å²) in [4.78, 5) is 22.8. The van der Waals surface area contributed by atoms with Gasteiger partial charge in [-0.05, 0) is 36.8 Å². The highest BCUT2D eigenvalue weighted by molar-refractivity contribution is 6.17. The molecule has 6 heteroatoms. The first-order chi connectivity index (χ1) is 10.6. The topological polar surface area (TPSA) is 69.4 Å². The molecule has 2 aromatic carbocycles. The first kappa shape index (κ1) is 16.0. The number of halogens is 1. The van der Waals surface area contributed by atoms with Crippen LogP contribution in [0.4, 0.5) is 5.69 Å². The van der Waals surface area contributed by atoms with Gasteiger partial charge < -0.3 is 4.74 Å². The fraction of sp³-hybridized carbons (Fsp3) is 0.188. The maximum atomic E-state index is 12.4. The van der Waals surface area contributed by atoms with E-state index in [9.17, 15) is 14.9 Å². The molecule has 0 radical (unpaired) electrons. The zero-order chi connectivity index (χ0) is 15.9. The van der Waals surface area contributed by atoms with Crippen LogP contribution in [0.25, 0.3) is 0 Å². The summed E-state index contributed by atoms with van der Waals surface area (Å²) in [6, 6.07) is 12.4. The maximum absolute atomic E-state index is 12.4. The van der Waals surface area contributed by atoms with Crippen LogP contribution in [0.15, 0.2) is 48.5 Å². The van der Waals surface area contributed by atoms with Gasteiger partial charge in [0.2, 0.25) is 0 Å². The van der Waals surface area contributed by atoms with E-state index in [2.05, 4.69) is 0 Å². The summed E-state index contributed by atoms with van der Waals surface area (Å²) >= 11 is 5.56. The molecule has 0 amide bonds. The van der Waals surface area contributed by atoms with E-state index in [0.29, 0.717) is 23.8 Å². The van der Waals surface area contributed by atoms with Crippen LogP contribution in [0.2, 0.25) is 0 Å². The van der Waals surface area contributed by atoms with Crippen molar-refractivity contribution in [1.82, 2.24) is 0 Å². The number of ether oxygens (including phenoxy) is 1.